The number of aromatic nitrogens is 1. The van der Waals surface area contributed by atoms with Gasteiger partial charge in [-0.05, 0) is 57.2 Å². The van der Waals surface area contributed by atoms with E-state index in [1.165, 1.54) is 29.6 Å². The van der Waals surface area contributed by atoms with Crippen molar-refractivity contribution in [2.24, 2.45) is 4.36 Å². The average molecular weight is 476 g/mol. The van der Waals surface area contributed by atoms with Gasteiger partial charge in [0.15, 0.2) is 0 Å². The lowest BCUT2D eigenvalue weighted by Gasteiger charge is -2.33. The molecular weight excluding hydrogens is 450 g/mol. The summed E-state index contributed by atoms with van der Waals surface area (Å²) in [6.07, 6.45) is 3.22. The van der Waals surface area contributed by atoms with Gasteiger partial charge < -0.3 is 5.11 Å². The fourth-order valence-electron chi connectivity index (χ4n) is 3.21. The Labute approximate surface area is 199 Å². The van der Waals surface area contributed by atoms with Gasteiger partial charge in [0.1, 0.15) is 0 Å². The molecule has 0 spiro atoms. The molecule has 174 valence electrons. The summed E-state index contributed by atoms with van der Waals surface area (Å²) >= 11 is 0. The SMILES string of the molecule is CC(C)(C)N(C(=O)O)c1cccc(C#Cc2cncc(C(=O)N=[S@@](C)(=O)c3ccccc3)c2)c1. The first-order valence-corrected chi connectivity index (χ1v) is 12.3. The predicted octanol–water partition coefficient (Wildman–Crippen LogP) is 5.06. The van der Waals surface area contributed by atoms with Gasteiger partial charge in [0, 0.05) is 45.9 Å². The standard InChI is InChI=1S/C26H25N3O4S/c1-26(2,3)29(25(31)32)22-10-8-9-19(16-22)13-14-20-15-21(18-27-17-20)24(30)28-34(4,33)23-11-6-5-7-12-23/h5-12,15-18H,1-4H3,(H,31,32)/t34-/m0/s1. The van der Waals surface area contributed by atoms with E-state index >= 15 is 0 Å². The topological polar surface area (TPSA) is 99.9 Å². The Balaban J connectivity index is 1.89. The number of hydrogen-bond acceptors (Lipinski definition) is 4. The van der Waals surface area contributed by atoms with E-state index in [0.717, 1.165) is 0 Å². The maximum absolute atomic E-state index is 12.9. The number of carbonyl (C=O) groups excluding carboxylic acids is 1. The molecule has 3 aromatic rings. The quantitative estimate of drug-likeness (QED) is 0.534. The van der Waals surface area contributed by atoms with Crippen molar-refractivity contribution < 1.29 is 18.9 Å². The molecule has 0 saturated carbocycles. The lowest BCUT2D eigenvalue weighted by molar-refractivity contribution is 0.100. The summed E-state index contributed by atoms with van der Waals surface area (Å²) in [4.78, 5) is 30.2. The van der Waals surface area contributed by atoms with Gasteiger partial charge in [-0.1, -0.05) is 36.1 Å². The van der Waals surface area contributed by atoms with Crippen LogP contribution in [0.3, 0.4) is 0 Å². The van der Waals surface area contributed by atoms with Crippen molar-refractivity contribution >= 4 is 27.4 Å². The molecule has 7 nitrogen and oxygen atoms in total. The van der Waals surface area contributed by atoms with E-state index in [1.54, 1.807) is 54.6 Å². The highest BCUT2D eigenvalue weighted by molar-refractivity contribution is 7.93. The molecule has 1 heterocycles. The second-order valence-corrected chi connectivity index (χ2v) is 10.8. The van der Waals surface area contributed by atoms with E-state index in [-0.39, 0.29) is 5.56 Å². The maximum Gasteiger partial charge on any atom is 0.412 e. The first-order valence-electron chi connectivity index (χ1n) is 10.4. The van der Waals surface area contributed by atoms with Crippen LogP contribution in [0.25, 0.3) is 0 Å². The molecule has 0 aliphatic heterocycles. The fraction of sp³-hybridized carbons (Fsp3) is 0.192. The molecule has 34 heavy (non-hydrogen) atoms. The summed E-state index contributed by atoms with van der Waals surface area (Å²) in [5.74, 6) is 5.28. The number of anilines is 1. The molecule has 0 radical (unpaired) electrons. The number of hydrogen-bond donors (Lipinski definition) is 1. The van der Waals surface area contributed by atoms with Gasteiger partial charge in [-0.25, -0.2) is 9.00 Å². The van der Waals surface area contributed by atoms with Gasteiger partial charge >= 0.3 is 6.09 Å². The maximum atomic E-state index is 12.9. The third-order valence-electron chi connectivity index (χ3n) is 4.74. The third-order valence-corrected chi connectivity index (χ3v) is 6.40. The summed E-state index contributed by atoms with van der Waals surface area (Å²) in [5, 5.41) is 9.62. The van der Waals surface area contributed by atoms with Crippen molar-refractivity contribution in [3.8, 4) is 11.8 Å². The van der Waals surface area contributed by atoms with Gasteiger partial charge in [0.25, 0.3) is 5.91 Å². The van der Waals surface area contributed by atoms with Crippen molar-refractivity contribution in [3.63, 3.8) is 0 Å². The molecule has 0 bridgehead atoms. The number of carboxylic acid groups (broad SMARTS) is 1. The van der Waals surface area contributed by atoms with Crippen LogP contribution in [0.2, 0.25) is 0 Å². The number of nitrogens with zero attached hydrogens (tertiary/aromatic N) is 3. The molecule has 0 fully saturated rings. The Hall–Kier alpha value is -3.96. The summed E-state index contributed by atoms with van der Waals surface area (Å²) in [6.45, 7) is 5.43. The highest BCUT2D eigenvalue weighted by Gasteiger charge is 2.27. The number of rotatable bonds is 3. The first kappa shape index (κ1) is 24.7. The van der Waals surface area contributed by atoms with E-state index in [9.17, 15) is 18.9 Å². The smallest absolute Gasteiger partial charge is 0.412 e. The highest BCUT2D eigenvalue weighted by Crippen LogP contribution is 2.24. The molecule has 1 aromatic heterocycles. The molecule has 0 aliphatic carbocycles. The van der Waals surface area contributed by atoms with E-state index in [0.29, 0.717) is 21.7 Å². The van der Waals surface area contributed by atoms with Crippen LogP contribution >= 0.6 is 0 Å². The van der Waals surface area contributed by atoms with E-state index < -0.39 is 27.3 Å². The van der Waals surface area contributed by atoms with Crippen molar-refractivity contribution in [3.05, 3.63) is 89.7 Å². The van der Waals surface area contributed by atoms with Crippen LogP contribution in [0.1, 0.15) is 42.3 Å². The largest absolute Gasteiger partial charge is 0.465 e. The van der Waals surface area contributed by atoms with Crippen LogP contribution < -0.4 is 4.90 Å². The molecule has 3 rings (SSSR count). The predicted molar refractivity (Wildman–Crippen MR) is 132 cm³/mol. The second kappa shape index (κ2) is 9.89. The van der Waals surface area contributed by atoms with Gasteiger partial charge in [0.2, 0.25) is 0 Å². The third kappa shape index (κ3) is 6.09. The molecule has 1 N–H and O–H groups in total. The lowest BCUT2D eigenvalue weighted by atomic mass is 10.0. The Morgan fingerprint density at radius 1 is 0.971 bits per heavy atom. The molecule has 0 unspecified atom stereocenters. The molecule has 1 atom stereocenters. The minimum Gasteiger partial charge on any atom is -0.465 e. The van der Waals surface area contributed by atoms with Crippen molar-refractivity contribution in [2.45, 2.75) is 31.2 Å². The monoisotopic (exact) mass is 475 g/mol. The van der Waals surface area contributed by atoms with Crippen LogP contribution in [0.4, 0.5) is 10.5 Å². The Kier molecular flexibility index (Phi) is 7.18. The Bertz CT molecular complexity index is 1410. The molecule has 2 aromatic carbocycles. The zero-order chi connectivity index (χ0) is 24.9. The number of carbonyl (C=O) groups is 2. The van der Waals surface area contributed by atoms with Gasteiger partial charge in [-0.2, -0.15) is 4.36 Å². The van der Waals surface area contributed by atoms with E-state index in [2.05, 4.69) is 21.2 Å². The van der Waals surface area contributed by atoms with Crippen molar-refractivity contribution in [1.29, 1.82) is 0 Å². The minimum atomic E-state index is -2.90. The molecule has 2 amide bonds. The average Bonchev–Trinajstić information content (AvgIpc) is 2.77. The van der Waals surface area contributed by atoms with Gasteiger partial charge in [-0.15, -0.1) is 0 Å². The molecular formula is C26H25N3O4S. The zero-order valence-electron chi connectivity index (χ0n) is 19.4. The fourth-order valence-corrected chi connectivity index (χ4v) is 4.40. The first-order chi connectivity index (χ1) is 16.0. The second-order valence-electron chi connectivity index (χ2n) is 8.56. The van der Waals surface area contributed by atoms with Crippen LogP contribution in [0, 0.1) is 11.8 Å². The summed E-state index contributed by atoms with van der Waals surface area (Å²) in [5.41, 5.74) is 1.13. The van der Waals surface area contributed by atoms with Crippen molar-refractivity contribution in [2.75, 3.05) is 11.2 Å². The highest BCUT2D eigenvalue weighted by atomic mass is 32.2. The number of benzene rings is 2. The molecule has 0 aliphatic rings. The van der Waals surface area contributed by atoms with Crippen LogP contribution in [0.15, 0.2) is 82.3 Å². The van der Waals surface area contributed by atoms with Gasteiger partial charge in [-0.3, -0.25) is 14.7 Å². The van der Waals surface area contributed by atoms with Crippen LogP contribution in [0.5, 0.6) is 0 Å². The van der Waals surface area contributed by atoms with Crippen LogP contribution in [-0.2, 0) is 9.73 Å². The van der Waals surface area contributed by atoms with E-state index in [4.69, 9.17) is 0 Å². The van der Waals surface area contributed by atoms with Gasteiger partial charge in [0.05, 0.1) is 15.3 Å². The Morgan fingerprint density at radius 2 is 1.65 bits per heavy atom. The number of pyridine rings is 1. The Morgan fingerprint density at radius 3 is 2.29 bits per heavy atom. The summed E-state index contributed by atoms with van der Waals surface area (Å²) in [6, 6.07) is 17.0. The van der Waals surface area contributed by atoms with Crippen LogP contribution in [-0.4, -0.2) is 38.1 Å². The van der Waals surface area contributed by atoms with Crippen molar-refractivity contribution in [1.82, 2.24) is 4.98 Å². The molecule has 8 heteroatoms. The summed E-state index contributed by atoms with van der Waals surface area (Å²) < 4.78 is 16.8. The normalized spacial score (nSPS) is 12.6. The molecule has 0 saturated heterocycles. The van der Waals surface area contributed by atoms with E-state index in [1.807, 2.05) is 20.8 Å². The lowest BCUT2D eigenvalue weighted by Crippen LogP contribution is -2.45. The number of amides is 2. The zero-order valence-corrected chi connectivity index (χ0v) is 20.2. The minimum absolute atomic E-state index is 0.177. The summed E-state index contributed by atoms with van der Waals surface area (Å²) in [7, 11) is -2.90.